The number of esters is 1. The molecule has 8 rings (SSSR count). The molecule has 4 heterocycles. The van der Waals surface area contributed by atoms with Crippen LogP contribution in [0.3, 0.4) is 0 Å². The summed E-state index contributed by atoms with van der Waals surface area (Å²) in [6, 6.07) is 14.1. The van der Waals surface area contributed by atoms with E-state index >= 15 is 0 Å². The summed E-state index contributed by atoms with van der Waals surface area (Å²) in [5.74, 6) is -1.49. The molecule has 0 saturated heterocycles. The van der Waals surface area contributed by atoms with Crippen molar-refractivity contribution in [3.05, 3.63) is 144 Å². The molecule has 0 bridgehead atoms. The van der Waals surface area contributed by atoms with Gasteiger partial charge in [0.25, 0.3) is 0 Å². The van der Waals surface area contributed by atoms with Crippen LogP contribution in [-0.4, -0.2) is 37.8 Å². The van der Waals surface area contributed by atoms with Crippen molar-refractivity contribution in [3.63, 3.8) is 0 Å². The summed E-state index contributed by atoms with van der Waals surface area (Å²) in [5, 5.41) is 3.18. The molecule has 0 aliphatic rings. The topological polar surface area (TPSA) is 107 Å². The van der Waals surface area contributed by atoms with Gasteiger partial charge < -0.3 is 24.7 Å². The number of aromatic nitrogens is 4. The fraction of sp³-hybridized carbons (Fsp3) is 0.143. The Morgan fingerprint density at radius 1 is 0.607 bits per heavy atom. The van der Waals surface area contributed by atoms with Crippen LogP contribution >= 0.6 is 47.8 Å². The maximum Gasteiger partial charge on any atom is 0.331 e. The number of aldehydes is 1. The number of rotatable bonds is 3. The summed E-state index contributed by atoms with van der Waals surface area (Å²) in [6.45, 7) is 9.27. The van der Waals surface area contributed by atoms with Crippen molar-refractivity contribution in [2.75, 3.05) is 0 Å². The van der Waals surface area contributed by atoms with Gasteiger partial charge in [-0.25, -0.2) is 22.4 Å². The zero-order chi connectivity index (χ0) is 40.9. The van der Waals surface area contributed by atoms with Gasteiger partial charge in [0.15, 0.2) is 6.29 Å². The Morgan fingerprint density at radius 3 is 1.64 bits per heavy atom. The van der Waals surface area contributed by atoms with E-state index in [4.69, 9.17) is 4.74 Å². The minimum absolute atomic E-state index is 0.207. The van der Waals surface area contributed by atoms with E-state index in [1.54, 1.807) is 48.9 Å². The van der Waals surface area contributed by atoms with Gasteiger partial charge in [-0.15, -0.1) is 0 Å². The van der Waals surface area contributed by atoms with E-state index in [2.05, 4.69) is 67.7 Å². The first-order chi connectivity index (χ1) is 26.5. The van der Waals surface area contributed by atoms with Crippen LogP contribution in [0.4, 0.5) is 17.6 Å². The first kappa shape index (κ1) is 42.2. The molecular formula is C42H35Br3F4N4O3. The highest BCUT2D eigenvalue weighted by atomic mass is 79.9. The van der Waals surface area contributed by atoms with E-state index in [1.807, 2.05) is 40.7 Å². The van der Waals surface area contributed by atoms with E-state index in [0.717, 1.165) is 41.8 Å². The third kappa shape index (κ3) is 9.71. The second-order valence-corrected chi connectivity index (χ2v) is 16.0. The third-order valence-corrected chi connectivity index (χ3v) is 10.3. The van der Waals surface area contributed by atoms with Crippen LogP contribution < -0.4 is 0 Å². The summed E-state index contributed by atoms with van der Waals surface area (Å²) in [7, 11) is 0. The first-order valence-electron chi connectivity index (χ1n) is 16.9. The molecule has 0 unspecified atom stereocenters. The fourth-order valence-electron chi connectivity index (χ4n) is 5.75. The van der Waals surface area contributed by atoms with Crippen molar-refractivity contribution >= 4 is 110 Å². The minimum Gasteiger partial charge on any atom is -0.457 e. The molecule has 0 saturated carbocycles. The number of hydrogen-bond donors (Lipinski definition) is 4. The summed E-state index contributed by atoms with van der Waals surface area (Å²) < 4.78 is 60.6. The molecule has 0 spiro atoms. The maximum atomic E-state index is 13.7. The summed E-state index contributed by atoms with van der Waals surface area (Å²) in [5.41, 5.74) is 4.64. The number of carbonyl (C=O) groups excluding carboxylic acids is 2. The molecule has 290 valence electrons. The molecule has 4 aromatic carbocycles. The Bertz CT molecular complexity index is 2690. The molecule has 0 fully saturated rings. The van der Waals surface area contributed by atoms with Crippen molar-refractivity contribution in [2.45, 2.75) is 40.2 Å². The van der Waals surface area contributed by atoms with Gasteiger partial charge in [0.2, 0.25) is 0 Å². The second-order valence-electron chi connectivity index (χ2n) is 13.4. The Labute approximate surface area is 344 Å². The van der Waals surface area contributed by atoms with Gasteiger partial charge in [-0.3, -0.25) is 4.79 Å². The van der Waals surface area contributed by atoms with Crippen molar-refractivity contribution in [3.8, 4) is 0 Å². The number of fused-ring (bicyclic) bond motifs is 4. The van der Waals surface area contributed by atoms with Gasteiger partial charge in [-0.1, -0.05) is 53.9 Å². The van der Waals surface area contributed by atoms with E-state index in [0.29, 0.717) is 43.8 Å². The van der Waals surface area contributed by atoms with Crippen LogP contribution in [-0.2, 0) is 9.53 Å². The van der Waals surface area contributed by atoms with Crippen LogP contribution in [0.15, 0.2) is 98.9 Å². The Morgan fingerprint density at radius 2 is 1.09 bits per heavy atom. The third-order valence-electron chi connectivity index (χ3n) is 8.26. The van der Waals surface area contributed by atoms with Gasteiger partial charge in [0.1, 0.15) is 28.9 Å². The largest absolute Gasteiger partial charge is 0.457 e. The van der Waals surface area contributed by atoms with Crippen molar-refractivity contribution < 1.29 is 31.9 Å². The van der Waals surface area contributed by atoms with E-state index in [1.165, 1.54) is 36.5 Å². The van der Waals surface area contributed by atoms with Crippen molar-refractivity contribution in [1.29, 1.82) is 0 Å². The van der Waals surface area contributed by atoms with Gasteiger partial charge in [-0.2, -0.15) is 0 Å². The average molecular weight is 959 g/mol. The number of carbonyl (C=O) groups is 2. The molecule has 7 nitrogen and oxygen atoms in total. The zero-order valence-corrected chi connectivity index (χ0v) is 35.4. The van der Waals surface area contributed by atoms with E-state index in [9.17, 15) is 27.2 Å². The highest BCUT2D eigenvalue weighted by molar-refractivity contribution is 9.11. The smallest absolute Gasteiger partial charge is 0.331 e. The molecule has 8 aromatic rings. The van der Waals surface area contributed by atoms with Gasteiger partial charge in [0.05, 0.1) is 22.1 Å². The minimum atomic E-state index is -0.524. The predicted octanol–water partition coefficient (Wildman–Crippen LogP) is 13.3. The molecule has 14 heteroatoms. The van der Waals surface area contributed by atoms with Gasteiger partial charge in [-0.05, 0) is 106 Å². The second kappa shape index (κ2) is 17.9. The molecule has 4 aromatic heterocycles. The highest BCUT2D eigenvalue weighted by Crippen LogP contribution is 2.30. The number of nitrogens with one attached hydrogen (secondary N) is 4. The number of ether oxygens (including phenoxy) is 1. The Hall–Kier alpha value is -4.92. The number of H-pyrrole nitrogens is 4. The van der Waals surface area contributed by atoms with Crippen LogP contribution in [0.25, 0.3) is 49.7 Å². The fourth-order valence-corrected chi connectivity index (χ4v) is 7.42. The Balaban J connectivity index is 0.000000147. The van der Waals surface area contributed by atoms with Crippen LogP contribution in [0.5, 0.6) is 0 Å². The molecule has 0 amide bonds. The first-order valence-corrected chi connectivity index (χ1v) is 19.3. The lowest BCUT2D eigenvalue weighted by Gasteiger charge is -2.17. The van der Waals surface area contributed by atoms with Crippen LogP contribution in [0.2, 0.25) is 0 Å². The predicted molar refractivity (Wildman–Crippen MR) is 226 cm³/mol. The molecule has 0 aliphatic heterocycles. The molecule has 4 N–H and O–H groups in total. The lowest BCUT2D eigenvalue weighted by Crippen LogP contribution is -2.22. The van der Waals surface area contributed by atoms with Crippen molar-refractivity contribution in [1.82, 2.24) is 19.9 Å². The lowest BCUT2D eigenvalue weighted by molar-refractivity contribution is -0.148. The highest BCUT2D eigenvalue weighted by Gasteiger charge is 2.15. The zero-order valence-electron chi connectivity index (χ0n) is 30.6. The molecule has 56 heavy (non-hydrogen) atoms. The van der Waals surface area contributed by atoms with E-state index < -0.39 is 11.6 Å². The molecular weight excluding hydrogens is 924 g/mol. The van der Waals surface area contributed by atoms with Gasteiger partial charge >= 0.3 is 5.97 Å². The normalized spacial score (nSPS) is 11.3. The number of hydrogen-bond acceptors (Lipinski definition) is 3. The molecule has 0 atom stereocenters. The number of aromatic amines is 4. The number of benzene rings is 4. The van der Waals surface area contributed by atoms with Gasteiger partial charge in [0, 0.05) is 71.4 Å². The summed E-state index contributed by atoms with van der Waals surface area (Å²) in [6.07, 6.45) is 10.5. The standard InChI is InChI=1S/C16H18FNO2.C9H5BrFNO.C9H7BrFN.C8H5BrFN/c1-10-9-18-15-12(17)7-5-11(14(10)15)6-8-13(19)20-16(2,3)4;10-6-1-2-7(11)9-8(6)5(4-13)3-12-9;1-5-4-12-9-7(11)3-2-6(10)8(5)9;9-6-1-2-7(10)8-5(6)3-4-11-8/h5-9,18H,1-4H3;1-4,12H;2-4,12H,1H3;1-4,11H/b8-6+;;;. The summed E-state index contributed by atoms with van der Waals surface area (Å²) in [4.78, 5) is 33.6. The molecule has 0 aliphatic carbocycles. The van der Waals surface area contributed by atoms with Crippen LogP contribution in [0.1, 0.15) is 47.8 Å². The lowest BCUT2D eigenvalue weighted by atomic mass is 10.1. The maximum absolute atomic E-state index is 13.7. The molecule has 0 radical (unpaired) electrons. The summed E-state index contributed by atoms with van der Waals surface area (Å²) >= 11 is 9.95. The van der Waals surface area contributed by atoms with Crippen molar-refractivity contribution in [2.24, 2.45) is 0 Å². The Kier molecular flexibility index (Phi) is 13.5. The van der Waals surface area contributed by atoms with Crippen LogP contribution in [0, 0.1) is 37.1 Å². The van der Waals surface area contributed by atoms with E-state index in [-0.39, 0.29) is 23.3 Å². The number of aryl methyl sites for hydroxylation is 2. The number of halogens is 7. The monoisotopic (exact) mass is 956 g/mol. The quantitative estimate of drug-likeness (QED) is 0.0613. The SMILES string of the molecule is Cc1c[nH]c2c(F)ccc(/C=C/C(=O)OC(C)(C)C)c12.Cc1c[nH]c2c(F)ccc(Br)c12.Fc1ccc(Br)c2cc[nH]c12.O=Cc1c[nH]c2c(F)ccc(Br)c12. The average Bonchev–Trinajstić information content (AvgIpc) is 3.97.